The lowest BCUT2D eigenvalue weighted by Crippen LogP contribution is -2.42. The van der Waals surface area contributed by atoms with Crippen LogP contribution in [0.5, 0.6) is 0 Å². The number of fused-ring (bicyclic) bond motifs is 4. The summed E-state index contributed by atoms with van der Waals surface area (Å²) in [6.45, 7) is 0.768. The third-order valence-corrected chi connectivity index (χ3v) is 7.69. The predicted molar refractivity (Wildman–Crippen MR) is 97.2 cm³/mol. The zero-order valence-corrected chi connectivity index (χ0v) is 15.3. The molecular formula is C18H20N4O4S. The number of imidazole rings is 1. The summed E-state index contributed by atoms with van der Waals surface area (Å²) in [5.41, 5.74) is 3.69. The molecule has 1 aromatic heterocycles. The number of rotatable bonds is 3. The average Bonchev–Trinajstić information content (AvgIpc) is 3.32. The van der Waals surface area contributed by atoms with Crippen molar-refractivity contribution in [2.75, 3.05) is 13.1 Å². The first-order chi connectivity index (χ1) is 12.9. The molecule has 2 fully saturated rings. The third kappa shape index (κ3) is 2.56. The smallest absolute Gasteiger partial charge is 0.419 e. The van der Waals surface area contributed by atoms with Gasteiger partial charge in [0.15, 0.2) is 0 Å². The highest BCUT2D eigenvalue weighted by Crippen LogP contribution is 2.52. The van der Waals surface area contributed by atoms with Crippen LogP contribution in [0.2, 0.25) is 0 Å². The van der Waals surface area contributed by atoms with Gasteiger partial charge in [0.05, 0.1) is 24.3 Å². The SMILES string of the molecule is O=C(O)NS(=O)(=O)N1CC2CC(C3c4ccccc4-c4cncn43)CC2C1. The molecule has 1 aliphatic carbocycles. The molecule has 0 spiro atoms. The number of aromatic nitrogens is 2. The Morgan fingerprint density at radius 3 is 2.56 bits per heavy atom. The average molecular weight is 388 g/mol. The molecule has 3 atom stereocenters. The third-order valence-electron chi connectivity index (χ3n) is 6.28. The van der Waals surface area contributed by atoms with Gasteiger partial charge < -0.3 is 9.67 Å². The van der Waals surface area contributed by atoms with Gasteiger partial charge in [0.1, 0.15) is 0 Å². The molecule has 3 unspecified atom stereocenters. The largest absolute Gasteiger partial charge is 0.464 e. The van der Waals surface area contributed by atoms with E-state index in [1.807, 2.05) is 18.6 Å². The Morgan fingerprint density at radius 2 is 1.85 bits per heavy atom. The number of amides is 1. The molecule has 1 saturated carbocycles. The van der Waals surface area contributed by atoms with Gasteiger partial charge in [-0.3, -0.25) is 0 Å². The standard InChI is InChI=1S/C18H20N4O4S/c23-18(24)20-27(25,26)21-8-12-5-11(6-13(12)9-21)17-15-4-2-1-3-14(15)16-7-19-10-22(16)17/h1-4,7,10-13,17,20H,5-6,8-9H2,(H,23,24). The van der Waals surface area contributed by atoms with E-state index in [2.05, 4.69) is 27.8 Å². The van der Waals surface area contributed by atoms with Crippen molar-refractivity contribution < 1.29 is 18.3 Å². The number of carbonyl (C=O) groups is 1. The van der Waals surface area contributed by atoms with Gasteiger partial charge in [0.2, 0.25) is 0 Å². The summed E-state index contributed by atoms with van der Waals surface area (Å²) in [6.07, 6.45) is 4.11. The zero-order chi connectivity index (χ0) is 18.8. The summed E-state index contributed by atoms with van der Waals surface area (Å²) in [7, 11) is -3.96. The second-order valence-electron chi connectivity index (χ2n) is 7.70. The highest BCUT2D eigenvalue weighted by molar-refractivity contribution is 7.87. The first-order valence-electron chi connectivity index (χ1n) is 9.06. The summed E-state index contributed by atoms with van der Waals surface area (Å²) in [5.74, 6) is 0.953. The molecule has 1 amide bonds. The molecule has 2 aliphatic heterocycles. The molecule has 2 aromatic rings. The van der Waals surface area contributed by atoms with Crippen molar-refractivity contribution in [1.82, 2.24) is 18.6 Å². The van der Waals surface area contributed by atoms with Crippen LogP contribution in [0.25, 0.3) is 11.3 Å². The molecule has 2 N–H and O–H groups in total. The van der Waals surface area contributed by atoms with Crippen LogP contribution in [0.4, 0.5) is 4.79 Å². The molecule has 9 heteroatoms. The molecule has 0 bridgehead atoms. The Bertz CT molecular complexity index is 1000. The Morgan fingerprint density at radius 1 is 1.15 bits per heavy atom. The summed E-state index contributed by atoms with van der Waals surface area (Å²) < 4.78 is 29.4. The van der Waals surface area contributed by atoms with E-state index < -0.39 is 16.3 Å². The second kappa shape index (κ2) is 5.80. The van der Waals surface area contributed by atoms with E-state index in [9.17, 15) is 13.2 Å². The fraction of sp³-hybridized carbons (Fsp3) is 0.444. The van der Waals surface area contributed by atoms with Crippen LogP contribution in [0.3, 0.4) is 0 Å². The van der Waals surface area contributed by atoms with E-state index >= 15 is 0 Å². The van der Waals surface area contributed by atoms with Crippen molar-refractivity contribution in [3.05, 3.63) is 42.4 Å². The van der Waals surface area contributed by atoms with Crippen LogP contribution < -0.4 is 4.72 Å². The highest BCUT2D eigenvalue weighted by atomic mass is 32.2. The lowest BCUT2D eigenvalue weighted by molar-refractivity contribution is 0.200. The number of nitrogens with one attached hydrogen (secondary N) is 1. The van der Waals surface area contributed by atoms with Crippen molar-refractivity contribution in [3.63, 3.8) is 0 Å². The molecule has 27 heavy (non-hydrogen) atoms. The number of hydrogen-bond donors (Lipinski definition) is 2. The minimum atomic E-state index is -3.96. The van der Waals surface area contributed by atoms with Crippen LogP contribution in [-0.2, 0) is 10.2 Å². The highest BCUT2D eigenvalue weighted by Gasteiger charge is 2.48. The van der Waals surface area contributed by atoms with E-state index in [4.69, 9.17) is 5.11 Å². The van der Waals surface area contributed by atoms with Crippen molar-refractivity contribution in [2.45, 2.75) is 18.9 Å². The van der Waals surface area contributed by atoms with Crippen molar-refractivity contribution in [1.29, 1.82) is 0 Å². The summed E-state index contributed by atoms with van der Waals surface area (Å²) in [6, 6.07) is 8.65. The molecule has 3 aliphatic rings. The normalized spacial score (nSPS) is 29.3. The van der Waals surface area contributed by atoms with Crippen LogP contribution >= 0.6 is 0 Å². The molecule has 1 saturated heterocycles. The van der Waals surface area contributed by atoms with E-state index in [1.165, 1.54) is 15.4 Å². The van der Waals surface area contributed by atoms with E-state index in [1.54, 1.807) is 4.72 Å². The minimum absolute atomic E-state index is 0.242. The Balaban J connectivity index is 1.37. The Labute approximate surface area is 157 Å². The van der Waals surface area contributed by atoms with Gasteiger partial charge in [-0.2, -0.15) is 12.7 Å². The minimum Gasteiger partial charge on any atom is -0.464 e. The molecule has 142 valence electrons. The maximum Gasteiger partial charge on any atom is 0.419 e. The lowest BCUT2D eigenvalue weighted by Gasteiger charge is -2.24. The monoisotopic (exact) mass is 388 g/mol. The number of hydrogen-bond acceptors (Lipinski definition) is 4. The van der Waals surface area contributed by atoms with Crippen molar-refractivity contribution in [3.8, 4) is 11.3 Å². The van der Waals surface area contributed by atoms with Gasteiger partial charge in [-0.25, -0.2) is 14.5 Å². The van der Waals surface area contributed by atoms with Crippen LogP contribution in [0.15, 0.2) is 36.8 Å². The molecule has 1 aromatic carbocycles. The topological polar surface area (TPSA) is 105 Å². The van der Waals surface area contributed by atoms with Crippen LogP contribution in [-0.4, -0.2) is 46.6 Å². The maximum atomic E-state index is 12.1. The number of carboxylic acid groups (broad SMARTS) is 1. The lowest BCUT2D eigenvalue weighted by atomic mass is 9.90. The summed E-state index contributed by atoms with van der Waals surface area (Å²) in [5, 5.41) is 8.74. The van der Waals surface area contributed by atoms with Crippen molar-refractivity contribution >= 4 is 16.3 Å². The number of nitrogens with zero attached hydrogens (tertiary/aromatic N) is 3. The van der Waals surface area contributed by atoms with Gasteiger partial charge in [-0.1, -0.05) is 24.3 Å². The fourth-order valence-electron chi connectivity index (χ4n) is 5.29. The fourth-order valence-corrected chi connectivity index (χ4v) is 6.41. The maximum absolute atomic E-state index is 12.1. The molecule has 8 nitrogen and oxygen atoms in total. The van der Waals surface area contributed by atoms with Gasteiger partial charge in [0, 0.05) is 18.7 Å². The van der Waals surface area contributed by atoms with Gasteiger partial charge >= 0.3 is 16.3 Å². The second-order valence-corrected chi connectivity index (χ2v) is 9.37. The predicted octanol–water partition coefficient (Wildman–Crippen LogP) is 1.92. The van der Waals surface area contributed by atoms with Crippen molar-refractivity contribution in [2.24, 2.45) is 17.8 Å². The van der Waals surface area contributed by atoms with E-state index in [0.29, 0.717) is 19.0 Å². The molecule has 0 radical (unpaired) electrons. The van der Waals surface area contributed by atoms with E-state index in [0.717, 1.165) is 18.5 Å². The molecular weight excluding hydrogens is 368 g/mol. The summed E-state index contributed by atoms with van der Waals surface area (Å²) >= 11 is 0. The van der Waals surface area contributed by atoms with Gasteiger partial charge in [0.25, 0.3) is 0 Å². The Kier molecular flexibility index (Phi) is 3.60. The summed E-state index contributed by atoms with van der Waals surface area (Å²) in [4.78, 5) is 15.0. The quantitative estimate of drug-likeness (QED) is 0.836. The molecule has 3 heterocycles. The first kappa shape index (κ1) is 16.8. The molecule has 5 rings (SSSR count). The zero-order valence-electron chi connectivity index (χ0n) is 14.5. The first-order valence-corrected chi connectivity index (χ1v) is 10.5. The van der Waals surface area contributed by atoms with Crippen LogP contribution in [0, 0.1) is 17.8 Å². The van der Waals surface area contributed by atoms with Crippen LogP contribution in [0.1, 0.15) is 24.4 Å². The van der Waals surface area contributed by atoms with E-state index in [-0.39, 0.29) is 17.9 Å². The van der Waals surface area contributed by atoms with Gasteiger partial charge in [-0.05, 0) is 36.2 Å². The Hall–Kier alpha value is -2.39. The van der Waals surface area contributed by atoms with Gasteiger partial charge in [-0.15, -0.1) is 0 Å². The number of benzene rings is 1.